The van der Waals surface area contributed by atoms with Gasteiger partial charge in [0.05, 0.1) is 17.1 Å². The minimum Gasteiger partial charge on any atom is -0.392 e. The Morgan fingerprint density at radius 2 is 1.96 bits per heavy atom. The first-order chi connectivity index (χ1) is 12.0. The summed E-state index contributed by atoms with van der Waals surface area (Å²) in [7, 11) is 0. The molecule has 1 amide bonds. The molecule has 1 aromatic heterocycles. The molecule has 1 aromatic carbocycles. The van der Waals surface area contributed by atoms with E-state index in [4.69, 9.17) is 0 Å². The van der Waals surface area contributed by atoms with Gasteiger partial charge in [-0.05, 0) is 31.9 Å². The molecule has 1 saturated carbocycles. The number of amides is 1. The molecule has 0 saturated heterocycles. The number of hydrogen-bond donors (Lipinski definition) is 2. The second-order valence-electron chi connectivity index (χ2n) is 7.29. The lowest BCUT2D eigenvalue weighted by Gasteiger charge is -2.38. The zero-order valence-electron chi connectivity index (χ0n) is 15.0. The van der Waals surface area contributed by atoms with Gasteiger partial charge in [-0.2, -0.15) is 0 Å². The van der Waals surface area contributed by atoms with Gasteiger partial charge in [-0.15, -0.1) is 0 Å². The van der Waals surface area contributed by atoms with Crippen molar-refractivity contribution in [2.24, 2.45) is 5.41 Å². The van der Waals surface area contributed by atoms with Gasteiger partial charge < -0.3 is 10.4 Å². The van der Waals surface area contributed by atoms with Crippen molar-refractivity contribution >= 4 is 16.9 Å². The molecule has 0 bridgehead atoms. The van der Waals surface area contributed by atoms with Crippen LogP contribution in [0.2, 0.25) is 0 Å². The summed E-state index contributed by atoms with van der Waals surface area (Å²) in [5.74, 6) is -0.194. The van der Waals surface area contributed by atoms with Crippen LogP contribution in [0.25, 0.3) is 11.0 Å². The predicted octanol–water partition coefficient (Wildman–Crippen LogP) is 1.88. The Hall–Kier alpha value is -2.08. The molecule has 2 N–H and O–H groups in total. The van der Waals surface area contributed by atoms with Crippen molar-refractivity contribution in [1.29, 1.82) is 0 Å². The number of fused-ring (bicyclic) bond motifs is 1. The number of carbonyl (C=O) groups excluding carboxylic acids is 1. The van der Waals surface area contributed by atoms with Gasteiger partial charge >= 0.3 is 5.69 Å². The second kappa shape index (κ2) is 7.04. The maximum atomic E-state index is 12.6. The molecule has 2 atom stereocenters. The third kappa shape index (κ3) is 3.35. The van der Waals surface area contributed by atoms with Gasteiger partial charge in [0.15, 0.2) is 0 Å². The van der Waals surface area contributed by atoms with Gasteiger partial charge in [-0.1, -0.05) is 31.9 Å². The minimum atomic E-state index is -0.383. The number of aryl methyl sites for hydroxylation is 1. The van der Waals surface area contributed by atoms with Gasteiger partial charge in [-0.3, -0.25) is 13.9 Å². The van der Waals surface area contributed by atoms with Crippen molar-refractivity contribution in [2.75, 3.05) is 6.54 Å². The average Bonchev–Trinajstić information content (AvgIpc) is 2.88. The molecular formula is C19H27N3O3. The largest absolute Gasteiger partial charge is 0.392 e. The van der Waals surface area contributed by atoms with E-state index in [2.05, 4.69) is 5.32 Å². The van der Waals surface area contributed by atoms with E-state index in [9.17, 15) is 14.7 Å². The van der Waals surface area contributed by atoms with Crippen molar-refractivity contribution in [2.45, 2.75) is 58.7 Å². The predicted molar refractivity (Wildman–Crippen MR) is 97.5 cm³/mol. The summed E-state index contributed by atoms with van der Waals surface area (Å²) in [6.07, 6.45) is 3.43. The summed E-state index contributed by atoms with van der Waals surface area (Å²) in [5, 5.41) is 13.2. The monoisotopic (exact) mass is 345 g/mol. The number of aliphatic hydroxyl groups is 1. The van der Waals surface area contributed by atoms with Crippen molar-refractivity contribution in [1.82, 2.24) is 14.5 Å². The molecule has 25 heavy (non-hydrogen) atoms. The van der Waals surface area contributed by atoms with E-state index in [1.165, 1.54) is 4.57 Å². The third-order valence-corrected chi connectivity index (χ3v) is 5.51. The van der Waals surface area contributed by atoms with E-state index < -0.39 is 0 Å². The van der Waals surface area contributed by atoms with Crippen molar-refractivity contribution in [3.05, 3.63) is 34.7 Å². The molecule has 3 rings (SSSR count). The van der Waals surface area contributed by atoms with Crippen LogP contribution in [-0.4, -0.2) is 32.8 Å². The van der Waals surface area contributed by atoms with Gasteiger partial charge in [0.25, 0.3) is 0 Å². The Labute approximate surface area is 147 Å². The van der Waals surface area contributed by atoms with E-state index in [0.717, 1.165) is 36.7 Å². The van der Waals surface area contributed by atoms with Crippen LogP contribution in [0.4, 0.5) is 0 Å². The molecule has 1 heterocycles. The Bertz CT molecular complexity index is 823. The Kier molecular flexibility index (Phi) is 4.99. The fourth-order valence-electron chi connectivity index (χ4n) is 3.82. The summed E-state index contributed by atoms with van der Waals surface area (Å²) in [6, 6.07) is 7.52. The highest BCUT2D eigenvalue weighted by atomic mass is 16.3. The number of imidazole rings is 1. The Morgan fingerprint density at radius 3 is 2.60 bits per heavy atom. The zero-order chi connectivity index (χ0) is 18.0. The number of carbonyl (C=O) groups is 1. The Morgan fingerprint density at radius 1 is 1.28 bits per heavy atom. The maximum Gasteiger partial charge on any atom is 0.329 e. The summed E-state index contributed by atoms with van der Waals surface area (Å²) >= 11 is 0. The van der Waals surface area contributed by atoms with Crippen molar-refractivity contribution < 1.29 is 9.90 Å². The van der Waals surface area contributed by atoms with Crippen LogP contribution >= 0.6 is 0 Å². The number of aromatic nitrogens is 2. The number of aliphatic hydroxyl groups excluding tert-OH is 1. The third-order valence-electron chi connectivity index (χ3n) is 5.51. The van der Waals surface area contributed by atoms with Crippen LogP contribution in [0.3, 0.4) is 0 Å². The summed E-state index contributed by atoms with van der Waals surface area (Å²) in [6.45, 7) is 4.95. The normalized spacial score (nSPS) is 23.7. The van der Waals surface area contributed by atoms with E-state index in [0.29, 0.717) is 13.1 Å². The van der Waals surface area contributed by atoms with Crippen LogP contribution in [0.1, 0.15) is 39.5 Å². The topological polar surface area (TPSA) is 76.3 Å². The highest BCUT2D eigenvalue weighted by Crippen LogP contribution is 2.35. The molecule has 1 aliphatic rings. The van der Waals surface area contributed by atoms with E-state index >= 15 is 0 Å². The second-order valence-corrected chi connectivity index (χ2v) is 7.29. The molecule has 1 fully saturated rings. The SMILES string of the molecule is CCn1c(=O)n(CC(=O)NCC2(C)CCCCC2O)c2ccccc21. The first-order valence-corrected chi connectivity index (χ1v) is 9.09. The maximum absolute atomic E-state index is 12.6. The van der Waals surface area contributed by atoms with Crippen molar-refractivity contribution in [3.8, 4) is 0 Å². The lowest BCUT2D eigenvalue weighted by Crippen LogP contribution is -2.46. The standard InChI is InChI=1S/C19H27N3O3/c1-3-21-14-8-4-5-9-15(14)22(18(21)25)12-17(24)20-13-19(2)11-7-6-10-16(19)23/h4-5,8-9,16,23H,3,6-7,10-13H2,1-2H3,(H,20,24). The van der Waals surface area contributed by atoms with Gasteiger partial charge in [0, 0.05) is 18.5 Å². The summed E-state index contributed by atoms with van der Waals surface area (Å²) in [5.41, 5.74) is 1.17. The number of rotatable bonds is 5. The van der Waals surface area contributed by atoms with E-state index in [1.54, 1.807) is 4.57 Å². The number of benzene rings is 1. The van der Waals surface area contributed by atoms with Crippen LogP contribution in [-0.2, 0) is 17.9 Å². The molecule has 1 aliphatic carbocycles. The molecule has 2 unspecified atom stereocenters. The lowest BCUT2D eigenvalue weighted by molar-refractivity contribution is -0.122. The number of hydrogen-bond acceptors (Lipinski definition) is 3. The first-order valence-electron chi connectivity index (χ1n) is 9.09. The molecule has 136 valence electrons. The van der Waals surface area contributed by atoms with Crippen LogP contribution in [0, 0.1) is 5.41 Å². The van der Waals surface area contributed by atoms with Gasteiger partial charge in [-0.25, -0.2) is 4.79 Å². The highest BCUT2D eigenvalue weighted by molar-refractivity contribution is 5.80. The molecular weight excluding hydrogens is 318 g/mol. The molecule has 2 aromatic rings. The molecule has 0 radical (unpaired) electrons. The van der Waals surface area contributed by atoms with E-state index in [1.807, 2.05) is 38.1 Å². The van der Waals surface area contributed by atoms with Crippen LogP contribution in [0.5, 0.6) is 0 Å². The highest BCUT2D eigenvalue weighted by Gasteiger charge is 2.35. The zero-order valence-corrected chi connectivity index (χ0v) is 15.0. The van der Waals surface area contributed by atoms with Crippen LogP contribution < -0.4 is 11.0 Å². The first kappa shape index (κ1) is 17.7. The fourth-order valence-corrected chi connectivity index (χ4v) is 3.82. The fraction of sp³-hybridized carbons (Fsp3) is 0.579. The summed E-state index contributed by atoms with van der Waals surface area (Å²) in [4.78, 5) is 25.0. The minimum absolute atomic E-state index is 0.00147. The Balaban J connectivity index is 1.74. The summed E-state index contributed by atoms with van der Waals surface area (Å²) < 4.78 is 3.20. The quantitative estimate of drug-likeness (QED) is 0.869. The number of nitrogens with zero attached hydrogens (tertiary/aromatic N) is 2. The van der Waals surface area contributed by atoms with Crippen LogP contribution in [0.15, 0.2) is 29.1 Å². The smallest absolute Gasteiger partial charge is 0.329 e. The molecule has 0 aliphatic heterocycles. The molecule has 6 nitrogen and oxygen atoms in total. The van der Waals surface area contributed by atoms with Gasteiger partial charge in [0.2, 0.25) is 5.91 Å². The lowest BCUT2D eigenvalue weighted by atomic mass is 9.73. The number of nitrogens with one attached hydrogen (secondary N) is 1. The van der Waals surface area contributed by atoms with E-state index in [-0.39, 0.29) is 29.7 Å². The van der Waals surface area contributed by atoms with Gasteiger partial charge in [0.1, 0.15) is 6.54 Å². The van der Waals surface area contributed by atoms with Crippen molar-refractivity contribution in [3.63, 3.8) is 0 Å². The molecule has 6 heteroatoms. The molecule has 0 spiro atoms. The average molecular weight is 345 g/mol. The number of para-hydroxylation sites is 2.